The fraction of sp³-hybridized carbons (Fsp3) is 0.902. The van der Waals surface area contributed by atoms with Crippen molar-refractivity contribution >= 4 is 5.91 Å². The molecule has 1 fully saturated rings. The highest BCUT2D eigenvalue weighted by molar-refractivity contribution is 5.76. The number of carbonyl (C=O) groups is 1. The van der Waals surface area contributed by atoms with Gasteiger partial charge < -0.3 is 40.3 Å². The summed E-state index contributed by atoms with van der Waals surface area (Å²) in [5.41, 5.74) is 0. The van der Waals surface area contributed by atoms with E-state index in [1.807, 2.05) is 0 Å². The van der Waals surface area contributed by atoms with Crippen LogP contribution in [0.25, 0.3) is 0 Å². The second kappa shape index (κ2) is 41.7. The van der Waals surface area contributed by atoms with Crippen molar-refractivity contribution in [2.75, 3.05) is 13.2 Å². The molecule has 354 valence electrons. The number of aliphatic hydroxyl groups is 5. The van der Waals surface area contributed by atoms with E-state index in [4.69, 9.17) is 9.47 Å². The molecule has 0 radical (unpaired) electrons. The van der Waals surface area contributed by atoms with E-state index in [1.54, 1.807) is 0 Å². The van der Waals surface area contributed by atoms with Gasteiger partial charge in [0.1, 0.15) is 24.4 Å². The maximum Gasteiger partial charge on any atom is 0.220 e. The number of hydrogen-bond donors (Lipinski definition) is 6. The lowest BCUT2D eigenvalue weighted by molar-refractivity contribution is -0.302. The minimum Gasteiger partial charge on any atom is -0.394 e. The number of amides is 1. The predicted molar refractivity (Wildman–Crippen MR) is 249 cm³/mol. The Morgan fingerprint density at radius 1 is 0.583 bits per heavy atom. The van der Waals surface area contributed by atoms with Crippen molar-refractivity contribution in [3.8, 4) is 0 Å². The molecule has 0 aromatic carbocycles. The van der Waals surface area contributed by atoms with Crippen molar-refractivity contribution in [1.29, 1.82) is 0 Å². The Hall–Kier alpha value is -1.33. The predicted octanol–water partition coefficient (Wildman–Crippen LogP) is 11.5. The Labute approximate surface area is 369 Å². The van der Waals surface area contributed by atoms with E-state index < -0.39 is 49.5 Å². The van der Waals surface area contributed by atoms with Crippen molar-refractivity contribution in [2.24, 2.45) is 0 Å². The van der Waals surface area contributed by atoms with Gasteiger partial charge in [-0.3, -0.25) is 4.79 Å². The molecule has 1 rings (SSSR count). The molecule has 0 bridgehead atoms. The van der Waals surface area contributed by atoms with Crippen LogP contribution in [0.5, 0.6) is 0 Å². The van der Waals surface area contributed by atoms with Crippen LogP contribution in [0.1, 0.15) is 239 Å². The standard InChI is InChI=1S/C51H97NO8/c1-3-5-7-9-11-13-15-17-19-21-22-23-24-25-27-29-31-33-35-37-39-41-47(55)52-44(43-59-51-50(58)49(57)48(56)46(42-53)60-51)45(54)40-38-36-34-32-30-28-26-20-18-16-14-12-10-8-6-4-2/h5,7,11,13,44-46,48-51,53-54,56-58H,3-4,6,8-10,12,14-43H2,1-2H3,(H,52,55)/b7-5-,13-11-. The third-order valence-electron chi connectivity index (χ3n) is 12.3. The van der Waals surface area contributed by atoms with E-state index in [0.29, 0.717) is 12.8 Å². The average Bonchev–Trinajstić information content (AvgIpc) is 3.25. The zero-order valence-corrected chi connectivity index (χ0v) is 39.0. The van der Waals surface area contributed by atoms with E-state index in [9.17, 15) is 30.3 Å². The van der Waals surface area contributed by atoms with Crippen LogP contribution in [-0.2, 0) is 14.3 Å². The van der Waals surface area contributed by atoms with Crippen molar-refractivity contribution in [3.63, 3.8) is 0 Å². The smallest absolute Gasteiger partial charge is 0.220 e. The molecule has 0 aliphatic carbocycles. The van der Waals surface area contributed by atoms with Crippen molar-refractivity contribution in [2.45, 2.75) is 281 Å². The Morgan fingerprint density at radius 3 is 1.52 bits per heavy atom. The van der Waals surface area contributed by atoms with Crippen LogP contribution in [0.3, 0.4) is 0 Å². The van der Waals surface area contributed by atoms with Crippen LogP contribution in [0.15, 0.2) is 24.3 Å². The van der Waals surface area contributed by atoms with Gasteiger partial charge >= 0.3 is 0 Å². The van der Waals surface area contributed by atoms with E-state index in [2.05, 4.69) is 43.5 Å². The molecule has 1 amide bonds. The minimum atomic E-state index is -1.55. The largest absolute Gasteiger partial charge is 0.394 e. The summed E-state index contributed by atoms with van der Waals surface area (Å²) in [6, 6.07) is -0.716. The second-order valence-corrected chi connectivity index (χ2v) is 17.9. The van der Waals surface area contributed by atoms with Crippen LogP contribution < -0.4 is 5.32 Å². The number of rotatable bonds is 43. The second-order valence-electron chi connectivity index (χ2n) is 17.9. The normalized spacial score (nSPS) is 20.7. The molecule has 7 unspecified atom stereocenters. The zero-order chi connectivity index (χ0) is 43.7. The van der Waals surface area contributed by atoms with Gasteiger partial charge in [-0.05, 0) is 38.5 Å². The summed E-state index contributed by atoms with van der Waals surface area (Å²) < 4.78 is 11.3. The van der Waals surface area contributed by atoms with E-state index in [0.717, 1.165) is 51.4 Å². The van der Waals surface area contributed by atoms with E-state index in [-0.39, 0.29) is 12.5 Å². The molecule has 7 atom stereocenters. The fourth-order valence-electron chi connectivity index (χ4n) is 8.26. The highest BCUT2D eigenvalue weighted by Crippen LogP contribution is 2.23. The first-order chi connectivity index (χ1) is 29.3. The molecule has 9 nitrogen and oxygen atoms in total. The molecule has 1 aliphatic heterocycles. The number of ether oxygens (including phenoxy) is 2. The molecule has 9 heteroatoms. The van der Waals surface area contributed by atoms with Crippen molar-refractivity contribution < 1.29 is 39.8 Å². The van der Waals surface area contributed by atoms with E-state index in [1.165, 1.54) is 161 Å². The molecule has 60 heavy (non-hydrogen) atoms. The zero-order valence-electron chi connectivity index (χ0n) is 39.0. The van der Waals surface area contributed by atoms with Gasteiger partial charge in [0.15, 0.2) is 6.29 Å². The molecule has 0 saturated carbocycles. The minimum absolute atomic E-state index is 0.135. The van der Waals surface area contributed by atoms with Crippen molar-refractivity contribution in [1.82, 2.24) is 5.32 Å². The molecule has 6 N–H and O–H groups in total. The number of hydrogen-bond acceptors (Lipinski definition) is 8. The molecule has 0 aromatic heterocycles. The topological polar surface area (TPSA) is 149 Å². The van der Waals surface area contributed by atoms with Crippen LogP contribution in [0, 0.1) is 0 Å². The summed E-state index contributed by atoms with van der Waals surface area (Å²) in [7, 11) is 0. The lowest BCUT2D eigenvalue weighted by Crippen LogP contribution is -2.60. The first-order valence-electron chi connectivity index (χ1n) is 25.5. The number of aliphatic hydroxyl groups excluding tert-OH is 5. The summed E-state index contributed by atoms with van der Waals surface area (Å²) in [6.07, 6.45) is 43.3. The van der Waals surface area contributed by atoms with Gasteiger partial charge in [-0.25, -0.2) is 0 Å². The summed E-state index contributed by atoms with van der Waals surface area (Å²) in [4.78, 5) is 13.0. The first kappa shape index (κ1) is 56.7. The SMILES string of the molecule is CC/C=C\C/C=C\CCCCCCCCCCCCCCCCC(=O)NC(COC1OC(CO)C(O)C(O)C1O)C(O)CCCCCCCCCCCCCCCCCC. The highest BCUT2D eigenvalue weighted by atomic mass is 16.7. The monoisotopic (exact) mass is 852 g/mol. The van der Waals surface area contributed by atoms with Gasteiger partial charge in [0.05, 0.1) is 25.4 Å². The average molecular weight is 852 g/mol. The number of allylic oxidation sites excluding steroid dienone is 4. The Balaban J connectivity index is 2.25. The maximum atomic E-state index is 13.0. The molecule has 1 aliphatic rings. The van der Waals surface area contributed by atoms with Gasteiger partial charge in [0.25, 0.3) is 0 Å². The van der Waals surface area contributed by atoms with Crippen LogP contribution >= 0.6 is 0 Å². The van der Waals surface area contributed by atoms with Crippen molar-refractivity contribution in [3.05, 3.63) is 24.3 Å². The molecular formula is C51H97NO8. The third-order valence-corrected chi connectivity index (χ3v) is 12.3. The lowest BCUT2D eigenvalue weighted by Gasteiger charge is -2.40. The van der Waals surface area contributed by atoms with Gasteiger partial charge in [-0.15, -0.1) is 0 Å². The fourth-order valence-corrected chi connectivity index (χ4v) is 8.26. The summed E-state index contributed by atoms with van der Waals surface area (Å²) in [5, 5.41) is 54.5. The Bertz CT molecular complexity index is 992. The highest BCUT2D eigenvalue weighted by Gasteiger charge is 2.44. The Morgan fingerprint density at radius 2 is 1.03 bits per heavy atom. The van der Waals surface area contributed by atoms with Crippen LogP contribution in [0.4, 0.5) is 0 Å². The quantitative estimate of drug-likeness (QED) is 0.0262. The van der Waals surface area contributed by atoms with Gasteiger partial charge in [0, 0.05) is 6.42 Å². The summed E-state index contributed by atoms with van der Waals surface area (Å²) in [6.45, 7) is 3.75. The number of carbonyl (C=O) groups excluding carboxylic acids is 1. The molecule has 0 spiro atoms. The van der Waals surface area contributed by atoms with Gasteiger partial charge in [-0.2, -0.15) is 0 Å². The first-order valence-corrected chi connectivity index (χ1v) is 25.5. The molecular weight excluding hydrogens is 755 g/mol. The van der Waals surface area contributed by atoms with Crippen LogP contribution in [0.2, 0.25) is 0 Å². The van der Waals surface area contributed by atoms with Gasteiger partial charge in [-0.1, -0.05) is 218 Å². The summed E-state index contributed by atoms with van der Waals surface area (Å²) in [5.74, 6) is -0.143. The molecule has 1 heterocycles. The van der Waals surface area contributed by atoms with E-state index >= 15 is 0 Å². The Kier molecular flexibility index (Phi) is 39.4. The molecule has 0 aromatic rings. The van der Waals surface area contributed by atoms with Gasteiger partial charge in [0.2, 0.25) is 5.91 Å². The molecule has 1 saturated heterocycles. The lowest BCUT2D eigenvalue weighted by atomic mass is 9.99. The third kappa shape index (κ3) is 31.5. The number of unbranched alkanes of at least 4 members (excludes halogenated alkanes) is 29. The van der Waals surface area contributed by atoms with Crippen LogP contribution in [-0.4, -0.2) is 87.5 Å². The summed E-state index contributed by atoms with van der Waals surface area (Å²) >= 11 is 0. The maximum absolute atomic E-state index is 13.0. The number of nitrogens with one attached hydrogen (secondary N) is 1.